The number of benzene rings is 1. The first-order valence-electron chi connectivity index (χ1n) is 13.3. The van der Waals surface area contributed by atoms with E-state index in [2.05, 4.69) is 6.92 Å². The van der Waals surface area contributed by atoms with Crippen LogP contribution in [0.5, 0.6) is 0 Å². The quantitative estimate of drug-likeness (QED) is 0.378. The predicted octanol–water partition coefficient (Wildman–Crippen LogP) is 9.27. The molecule has 0 heterocycles. The van der Waals surface area contributed by atoms with Crippen LogP contribution in [0.1, 0.15) is 96.0 Å². The van der Waals surface area contributed by atoms with E-state index in [1.807, 2.05) is 30.3 Å². The molecule has 4 rings (SSSR count). The molecule has 0 bridgehead atoms. The summed E-state index contributed by atoms with van der Waals surface area (Å²) in [6.07, 6.45) is 19.3. The summed E-state index contributed by atoms with van der Waals surface area (Å²) in [6.45, 7) is 2.34. The first kappa shape index (κ1) is 23.7. The fourth-order valence-corrected chi connectivity index (χ4v) is 6.35. The second-order valence-electron chi connectivity index (χ2n) is 10.9. The molecule has 0 nitrogen and oxygen atoms in total. The zero-order valence-corrected chi connectivity index (χ0v) is 20.0. The average Bonchev–Trinajstić information content (AvgIpc) is 2.85. The molecule has 32 heavy (non-hydrogen) atoms. The van der Waals surface area contributed by atoms with Crippen molar-refractivity contribution < 1.29 is 8.78 Å². The number of allylic oxidation sites excluding steroid dienone is 4. The van der Waals surface area contributed by atoms with Crippen molar-refractivity contribution in [2.75, 3.05) is 0 Å². The molecule has 2 heteroatoms. The lowest BCUT2D eigenvalue weighted by Gasteiger charge is -2.33. The number of rotatable bonds is 8. The highest BCUT2D eigenvalue weighted by Gasteiger charge is 2.39. The molecule has 2 saturated carbocycles. The minimum Gasteiger partial charge on any atom is -0.239 e. The molecule has 2 unspecified atom stereocenters. The molecule has 2 atom stereocenters. The fourth-order valence-electron chi connectivity index (χ4n) is 6.35. The summed E-state index contributed by atoms with van der Waals surface area (Å²) in [7, 11) is 0. The highest BCUT2D eigenvalue weighted by atomic mass is 19.2. The Bertz CT molecular complexity index is 750. The first-order valence-corrected chi connectivity index (χ1v) is 13.3. The Hall–Kier alpha value is -1.44. The Morgan fingerprint density at radius 3 is 1.84 bits per heavy atom. The van der Waals surface area contributed by atoms with Gasteiger partial charge >= 0.3 is 0 Å². The Morgan fingerprint density at radius 1 is 0.781 bits per heavy atom. The van der Waals surface area contributed by atoms with Crippen LogP contribution in [0.25, 0.3) is 5.57 Å². The van der Waals surface area contributed by atoms with Crippen LogP contribution in [-0.2, 0) is 0 Å². The van der Waals surface area contributed by atoms with Gasteiger partial charge < -0.3 is 0 Å². The standard InChI is InChI=1S/C30H42F2/c1-2-23-8-10-24(11-9-23)12-13-25-14-16-26(17-15-25)18-20-30(32)21-19-28(22-29(30)31)27-6-4-3-5-7-27/h3-7,19,21-26,29H,2,8-18,20H2,1H3/t23-,24-,25-,26-,29?,30?. The van der Waals surface area contributed by atoms with Crippen LogP contribution in [-0.4, -0.2) is 11.8 Å². The van der Waals surface area contributed by atoms with Crippen molar-refractivity contribution in [1.29, 1.82) is 0 Å². The van der Waals surface area contributed by atoms with Crippen molar-refractivity contribution in [2.45, 2.75) is 102 Å². The summed E-state index contributed by atoms with van der Waals surface area (Å²) in [6, 6.07) is 9.70. The molecule has 0 aliphatic heterocycles. The molecule has 176 valence electrons. The monoisotopic (exact) mass is 440 g/mol. The minimum absolute atomic E-state index is 0.305. The van der Waals surface area contributed by atoms with Gasteiger partial charge in [0.25, 0.3) is 0 Å². The van der Waals surface area contributed by atoms with Crippen molar-refractivity contribution >= 4 is 5.57 Å². The van der Waals surface area contributed by atoms with E-state index in [-0.39, 0.29) is 0 Å². The van der Waals surface area contributed by atoms with Gasteiger partial charge in [0.1, 0.15) is 0 Å². The summed E-state index contributed by atoms with van der Waals surface area (Å²) >= 11 is 0. The zero-order valence-electron chi connectivity index (χ0n) is 20.0. The zero-order chi connectivity index (χ0) is 22.4. The molecular formula is C30H42F2. The van der Waals surface area contributed by atoms with Gasteiger partial charge in [0, 0.05) is 0 Å². The van der Waals surface area contributed by atoms with Gasteiger partial charge in [0.2, 0.25) is 0 Å². The van der Waals surface area contributed by atoms with E-state index in [1.54, 1.807) is 6.08 Å². The summed E-state index contributed by atoms with van der Waals surface area (Å²) in [5, 5.41) is 0. The van der Waals surface area contributed by atoms with Gasteiger partial charge in [-0.15, -0.1) is 0 Å². The van der Waals surface area contributed by atoms with E-state index < -0.39 is 11.8 Å². The van der Waals surface area contributed by atoms with E-state index in [9.17, 15) is 4.39 Å². The Balaban J connectivity index is 1.17. The largest absolute Gasteiger partial charge is 0.239 e. The highest BCUT2D eigenvalue weighted by Crippen LogP contribution is 2.41. The van der Waals surface area contributed by atoms with Crippen LogP contribution in [0.4, 0.5) is 8.78 Å². The van der Waals surface area contributed by atoms with Crippen LogP contribution in [0.3, 0.4) is 0 Å². The number of alkyl halides is 2. The fraction of sp³-hybridized carbons (Fsp3) is 0.667. The Labute approximate surface area is 194 Å². The van der Waals surface area contributed by atoms with E-state index in [4.69, 9.17) is 0 Å². The van der Waals surface area contributed by atoms with Crippen molar-refractivity contribution in [3.05, 3.63) is 54.1 Å². The summed E-state index contributed by atoms with van der Waals surface area (Å²) < 4.78 is 30.2. The molecule has 0 amide bonds. The van der Waals surface area contributed by atoms with Crippen molar-refractivity contribution in [2.24, 2.45) is 23.7 Å². The third kappa shape index (κ3) is 6.12. The van der Waals surface area contributed by atoms with Gasteiger partial charge in [-0.25, -0.2) is 8.78 Å². The highest BCUT2D eigenvalue weighted by molar-refractivity contribution is 5.76. The van der Waals surface area contributed by atoms with E-state index >= 15 is 4.39 Å². The van der Waals surface area contributed by atoms with Crippen LogP contribution in [0.2, 0.25) is 0 Å². The third-order valence-electron chi connectivity index (χ3n) is 8.86. The van der Waals surface area contributed by atoms with E-state index in [0.717, 1.165) is 35.3 Å². The molecule has 2 fully saturated rings. The maximum absolute atomic E-state index is 15.4. The van der Waals surface area contributed by atoms with Crippen LogP contribution < -0.4 is 0 Å². The number of hydrogen-bond donors (Lipinski definition) is 0. The van der Waals surface area contributed by atoms with Crippen molar-refractivity contribution in [3.63, 3.8) is 0 Å². The molecule has 0 aromatic heterocycles. The van der Waals surface area contributed by atoms with Gasteiger partial charge in [-0.3, -0.25) is 0 Å². The lowest BCUT2D eigenvalue weighted by molar-refractivity contribution is 0.101. The van der Waals surface area contributed by atoms with Crippen LogP contribution in [0, 0.1) is 23.7 Å². The van der Waals surface area contributed by atoms with Crippen LogP contribution in [0.15, 0.2) is 48.6 Å². The molecule has 1 aromatic carbocycles. The van der Waals surface area contributed by atoms with Gasteiger partial charge in [-0.1, -0.05) is 114 Å². The second-order valence-corrected chi connectivity index (χ2v) is 10.9. The van der Waals surface area contributed by atoms with Gasteiger partial charge in [-0.05, 0) is 59.8 Å². The summed E-state index contributed by atoms with van der Waals surface area (Å²) in [5.74, 6) is 3.40. The molecule has 0 radical (unpaired) electrons. The minimum atomic E-state index is -1.84. The predicted molar refractivity (Wildman–Crippen MR) is 132 cm³/mol. The topological polar surface area (TPSA) is 0 Å². The summed E-state index contributed by atoms with van der Waals surface area (Å²) in [5.41, 5.74) is -0.104. The van der Waals surface area contributed by atoms with Gasteiger partial charge in [0.05, 0.1) is 0 Å². The SMILES string of the molecule is CC[C@H]1CC[C@H](CC[C@H]2CC[C@H](CCC3(F)C=CC(c4ccccc4)=CC3F)CC2)CC1. The number of hydrogen-bond acceptors (Lipinski definition) is 0. The lowest BCUT2D eigenvalue weighted by atomic mass is 9.74. The Morgan fingerprint density at radius 2 is 1.31 bits per heavy atom. The third-order valence-corrected chi connectivity index (χ3v) is 8.86. The Kier molecular flexibility index (Phi) is 8.24. The van der Waals surface area contributed by atoms with Crippen LogP contribution >= 0.6 is 0 Å². The summed E-state index contributed by atoms with van der Waals surface area (Å²) in [4.78, 5) is 0. The van der Waals surface area contributed by atoms with Crippen molar-refractivity contribution in [1.82, 2.24) is 0 Å². The van der Waals surface area contributed by atoms with E-state index in [0.29, 0.717) is 12.3 Å². The molecule has 0 spiro atoms. The molecule has 3 aliphatic rings. The van der Waals surface area contributed by atoms with Crippen molar-refractivity contribution in [3.8, 4) is 0 Å². The van der Waals surface area contributed by atoms with Gasteiger partial charge in [0.15, 0.2) is 11.8 Å². The molecule has 1 aromatic rings. The maximum atomic E-state index is 15.4. The maximum Gasteiger partial charge on any atom is 0.164 e. The molecule has 3 aliphatic carbocycles. The average molecular weight is 441 g/mol. The normalized spacial score (nSPS) is 35.5. The molecular weight excluding hydrogens is 398 g/mol. The van der Waals surface area contributed by atoms with E-state index in [1.165, 1.54) is 82.8 Å². The molecule has 0 saturated heterocycles. The lowest BCUT2D eigenvalue weighted by Crippen LogP contribution is -2.34. The second kappa shape index (κ2) is 11.1. The smallest absolute Gasteiger partial charge is 0.164 e. The first-order chi connectivity index (χ1) is 15.6. The number of halogens is 2. The van der Waals surface area contributed by atoms with Gasteiger partial charge in [-0.2, -0.15) is 0 Å². The molecule has 0 N–H and O–H groups in total.